The Hall–Kier alpha value is -2.67. The first-order valence-corrected chi connectivity index (χ1v) is 9.56. The van der Waals surface area contributed by atoms with Gasteiger partial charge in [-0.15, -0.1) is 0 Å². The van der Waals surface area contributed by atoms with Gasteiger partial charge in [-0.3, -0.25) is 0 Å². The maximum Gasteiger partial charge on any atom is 0.295 e. The summed E-state index contributed by atoms with van der Waals surface area (Å²) in [6.07, 6.45) is 8.12. The number of nitrogens with one attached hydrogen (secondary N) is 2. The van der Waals surface area contributed by atoms with Crippen LogP contribution in [0.5, 0.6) is 5.75 Å². The highest BCUT2D eigenvalue weighted by Gasteiger charge is 2.29. The van der Waals surface area contributed by atoms with E-state index in [1.807, 2.05) is 42.1 Å². The molecule has 0 radical (unpaired) electrons. The predicted octanol–water partition coefficient (Wildman–Crippen LogP) is 3.19. The molecule has 1 fully saturated rings. The average Bonchev–Trinajstić information content (AvgIpc) is 3.39. The van der Waals surface area contributed by atoms with E-state index in [9.17, 15) is 0 Å². The minimum absolute atomic E-state index is 0.257. The van der Waals surface area contributed by atoms with Crippen molar-refractivity contribution in [3.63, 3.8) is 0 Å². The Bertz CT molecular complexity index is 887. The van der Waals surface area contributed by atoms with Crippen LogP contribution in [0, 0.1) is 0 Å². The lowest BCUT2D eigenvalue weighted by atomic mass is 10.1. The van der Waals surface area contributed by atoms with Crippen LogP contribution in [0.2, 0.25) is 0 Å². The van der Waals surface area contributed by atoms with Gasteiger partial charge in [0, 0.05) is 12.1 Å². The molecule has 1 aliphatic rings. The summed E-state index contributed by atoms with van der Waals surface area (Å²) in [5.74, 6) is 1.63. The van der Waals surface area contributed by atoms with Crippen LogP contribution in [-0.4, -0.2) is 34.7 Å². The van der Waals surface area contributed by atoms with Gasteiger partial charge in [-0.2, -0.15) is 4.57 Å². The van der Waals surface area contributed by atoms with Crippen molar-refractivity contribution in [2.45, 2.75) is 44.9 Å². The van der Waals surface area contributed by atoms with E-state index in [0.29, 0.717) is 0 Å². The van der Waals surface area contributed by atoms with Crippen LogP contribution in [0.4, 0.5) is 5.82 Å². The van der Waals surface area contributed by atoms with Gasteiger partial charge in [-0.25, -0.2) is 0 Å². The third kappa shape index (κ3) is 3.60. The zero-order valence-corrected chi connectivity index (χ0v) is 15.8. The number of hydrogen-bond donors (Lipinski definition) is 2. The molecule has 1 aromatic carbocycles. The molecule has 1 unspecified atom stereocenters. The van der Waals surface area contributed by atoms with Gasteiger partial charge < -0.3 is 19.8 Å². The van der Waals surface area contributed by atoms with Crippen molar-refractivity contribution in [1.29, 1.82) is 0 Å². The Labute approximate surface area is 158 Å². The number of anilines is 1. The molecule has 2 heterocycles. The molecule has 1 aliphatic carbocycles. The summed E-state index contributed by atoms with van der Waals surface area (Å²) in [6, 6.07) is 8.01. The molecule has 2 N–H and O–H groups in total. The van der Waals surface area contributed by atoms with Crippen molar-refractivity contribution >= 4 is 17.0 Å². The molecule has 2 aromatic heterocycles. The van der Waals surface area contributed by atoms with E-state index in [4.69, 9.17) is 9.47 Å². The summed E-state index contributed by atoms with van der Waals surface area (Å²) < 4.78 is 13.9. The number of aromatic nitrogens is 4. The molecule has 0 saturated heterocycles. The third-order valence-electron chi connectivity index (χ3n) is 5.03. The molecular weight excluding hydrogens is 342 g/mol. The molecule has 0 bridgehead atoms. The molecule has 142 valence electrons. The smallest absolute Gasteiger partial charge is 0.295 e. The van der Waals surface area contributed by atoms with Gasteiger partial charge in [-0.1, -0.05) is 22.8 Å². The summed E-state index contributed by atoms with van der Waals surface area (Å²) >= 11 is 0. The van der Waals surface area contributed by atoms with Crippen LogP contribution in [0.25, 0.3) is 11.2 Å². The number of ether oxygens (including phenoxy) is 2. The fourth-order valence-corrected chi connectivity index (χ4v) is 3.65. The van der Waals surface area contributed by atoms with Crippen LogP contribution in [0.3, 0.4) is 0 Å². The first kappa shape index (κ1) is 17.7. The number of H-pyrrole nitrogens is 1. The summed E-state index contributed by atoms with van der Waals surface area (Å²) in [4.78, 5) is 12.3. The minimum atomic E-state index is -0.284. The normalized spacial score (nSPS) is 15.9. The van der Waals surface area contributed by atoms with Crippen molar-refractivity contribution in [2.75, 3.05) is 19.0 Å². The number of hydrogen-bond acceptors (Lipinski definition) is 5. The number of rotatable bonds is 7. The first-order chi connectivity index (χ1) is 13.3. The first-order valence-electron chi connectivity index (χ1n) is 9.56. The molecule has 0 aliphatic heterocycles. The molecule has 1 atom stereocenters. The highest BCUT2D eigenvalue weighted by molar-refractivity contribution is 5.79. The topological polar surface area (TPSA) is 75.9 Å². The van der Waals surface area contributed by atoms with E-state index < -0.39 is 0 Å². The van der Waals surface area contributed by atoms with Crippen LogP contribution in [0.15, 0.2) is 36.9 Å². The van der Waals surface area contributed by atoms with Gasteiger partial charge >= 0.3 is 0 Å². The summed E-state index contributed by atoms with van der Waals surface area (Å²) in [5, 5.41) is 3.28. The van der Waals surface area contributed by atoms with E-state index in [1.165, 1.54) is 12.8 Å². The highest BCUT2D eigenvalue weighted by atomic mass is 16.5. The van der Waals surface area contributed by atoms with Gasteiger partial charge in [0.2, 0.25) is 18.4 Å². The second-order valence-corrected chi connectivity index (χ2v) is 6.80. The number of nitrogens with zero attached hydrogens (tertiary/aromatic N) is 3. The van der Waals surface area contributed by atoms with Crippen LogP contribution in [-0.2, 0) is 4.74 Å². The Morgan fingerprint density at radius 3 is 2.70 bits per heavy atom. The van der Waals surface area contributed by atoms with Crippen molar-refractivity contribution in [3.8, 4) is 5.75 Å². The van der Waals surface area contributed by atoms with Crippen LogP contribution >= 0.6 is 0 Å². The Balaban J connectivity index is 1.76. The van der Waals surface area contributed by atoms with E-state index in [0.717, 1.165) is 47.7 Å². The fraction of sp³-hybridized carbons (Fsp3) is 0.450. The zero-order chi connectivity index (χ0) is 18.6. The van der Waals surface area contributed by atoms with Gasteiger partial charge in [0.15, 0.2) is 11.8 Å². The second-order valence-electron chi connectivity index (χ2n) is 6.80. The fourth-order valence-electron chi connectivity index (χ4n) is 3.65. The zero-order valence-electron chi connectivity index (χ0n) is 15.8. The number of methoxy groups -OCH3 is 1. The van der Waals surface area contributed by atoms with Crippen LogP contribution in [0.1, 0.15) is 44.4 Å². The maximum atomic E-state index is 6.54. The number of benzene rings is 1. The Morgan fingerprint density at radius 1 is 1.22 bits per heavy atom. The van der Waals surface area contributed by atoms with Crippen molar-refractivity contribution in [2.24, 2.45) is 0 Å². The van der Waals surface area contributed by atoms with E-state index in [-0.39, 0.29) is 12.3 Å². The quantitative estimate of drug-likeness (QED) is 0.627. The highest BCUT2D eigenvalue weighted by Crippen LogP contribution is 2.28. The lowest BCUT2D eigenvalue weighted by molar-refractivity contribution is -0.735. The summed E-state index contributed by atoms with van der Waals surface area (Å²) in [6.45, 7) is 2.85. The molecule has 0 amide bonds. The second kappa shape index (κ2) is 7.92. The van der Waals surface area contributed by atoms with E-state index >= 15 is 0 Å². The molecule has 7 heteroatoms. The Morgan fingerprint density at radius 2 is 2.00 bits per heavy atom. The van der Waals surface area contributed by atoms with Gasteiger partial charge in [0.25, 0.3) is 5.65 Å². The SMILES string of the molecule is CCNc1nc[n+](C(OC2CCCC2)c2ccc(OC)cc2)c2nc[nH]c12. The molecular formula is C20H26N5O2+. The third-order valence-corrected chi connectivity index (χ3v) is 5.03. The van der Waals surface area contributed by atoms with Crippen molar-refractivity contribution < 1.29 is 14.0 Å². The number of fused-ring (bicyclic) bond motifs is 1. The molecule has 0 spiro atoms. The monoisotopic (exact) mass is 368 g/mol. The van der Waals surface area contributed by atoms with Gasteiger partial charge in [-0.05, 0) is 44.0 Å². The number of aromatic amines is 1. The van der Waals surface area contributed by atoms with Gasteiger partial charge in [0.05, 0.1) is 13.2 Å². The summed E-state index contributed by atoms with van der Waals surface area (Å²) in [7, 11) is 1.67. The van der Waals surface area contributed by atoms with Crippen LogP contribution < -0.4 is 14.6 Å². The molecule has 3 aromatic rings. The lowest BCUT2D eigenvalue weighted by Gasteiger charge is -2.22. The van der Waals surface area contributed by atoms with Crippen molar-refractivity contribution in [3.05, 3.63) is 42.5 Å². The molecule has 4 rings (SSSR count). The Kier molecular flexibility index (Phi) is 5.20. The standard InChI is InChI=1S/C20H25N5O2/c1-3-21-18-17-19(23-12-22-17)25(13-24-18)20(27-16-6-4-5-7-16)14-8-10-15(26-2)11-9-14/h8-13,16,20H,3-7H2,1-2H3,(H,21,22,23)/p+1. The number of imidazole rings is 1. The predicted molar refractivity (Wildman–Crippen MR) is 103 cm³/mol. The lowest BCUT2D eigenvalue weighted by Crippen LogP contribution is -2.44. The minimum Gasteiger partial charge on any atom is -0.497 e. The largest absolute Gasteiger partial charge is 0.497 e. The molecule has 7 nitrogen and oxygen atoms in total. The summed E-state index contributed by atoms with van der Waals surface area (Å²) in [5.41, 5.74) is 2.75. The maximum absolute atomic E-state index is 6.54. The molecule has 27 heavy (non-hydrogen) atoms. The van der Waals surface area contributed by atoms with E-state index in [1.54, 1.807) is 13.4 Å². The van der Waals surface area contributed by atoms with E-state index in [2.05, 4.69) is 20.3 Å². The van der Waals surface area contributed by atoms with Crippen molar-refractivity contribution in [1.82, 2.24) is 15.0 Å². The van der Waals surface area contributed by atoms with Gasteiger partial charge in [0.1, 0.15) is 5.75 Å². The average molecular weight is 368 g/mol. The molecule has 1 saturated carbocycles.